The third-order valence-corrected chi connectivity index (χ3v) is 6.58. The van der Waals surface area contributed by atoms with E-state index in [9.17, 15) is 13.6 Å². The molecule has 148 valence electrons. The van der Waals surface area contributed by atoms with Crippen molar-refractivity contribution in [3.05, 3.63) is 51.6 Å². The van der Waals surface area contributed by atoms with Crippen molar-refractivity contribution in [1.29, 1.82) is 0 Å². The fraction of sp³-hybridized carbons (Fsp3) is 0.333. The molecule has 0 unspecified atom stereocenters. The van der Waals surface area contributed by atoms with E-state index in [2.05, 4.69) is 9.88 Å². The summed E-state index contributed by atoms with van der Waals surface area (Å²) in [6, 6.07) is 5.27. The molecular weight excluding hydrogens is 426 g/mol. The summed E-state index contributed by atoms with van der Waals surface area (Å²) in [6.45, 7) is 3.24. The van der Waals surface area contributed by atoms with Gasteiger partial charge in [0.1, 0.15) is 10.5 Å². The average Bonchev–Trinajstić information content (AvgIpc) is 3.27. The zero-order chi connectivity index (χ0) is 19.7. The lowest BCUT2D eigenvalue weighted by atomic mass is 10.2. The van der Waals surface area contributed by atoms with Gasteiger partial charge in [-0.2, -0.15) is 8.78 Å². The van der Waals surface area contributed by atoms with Crippen LogP contribution in [0.3, 0.4) is 0 Å². The van der Waals surface area contributed by atoms with Crippen LogP contribution in [-0.4, -0.2) is 57.0 Å². The Balaban J connectivity index is 1.36. The molecule has 3 aromatic rings. The molecule has 0 N–H and O–H groups in total. The molecule has 10 heteroatoms. The van der Waals surface area contributed by atoms with E-state index in [1.807, 2.05) is 28.9 Å². The van der Waals surface area contributed by atoms with E-state index in [-0.39, 0.29) is 5.91 Å². The summed E-state index contributed by atoms with van der Waals surface area (Å²) in [6.07, 6.45) is 3.78. The number of alkyl halides is 2. The maximum absolute atomic E-state index is 12.7. The highest BCUT2D eigenvalue weighted by Gasteiger charge is 2.26. The molecule has 0 bridgehead atoms. The number of carbonyl (C=O) groups excluding carboxylic acids is 1. The molecule has 0 radical (unpaired) electrons. The maximum atomic E-state index is 12.7. The molecule has 3 aromatic heterocycles. The number of nitrogens with zero attached hydrogens (tertiary/aromatic N) is 4. The molecule has 1 amide bonds. The van der Waals surface area contributed by atoms with Crippen LogP contribution in [0.15, 0.2) is 40.9 Å². The number of hydrogen-bond donors (Lipinski definition) is 0. The zero-order valence-corrected chi connectivity index (χ0v) is 17.1. The van der Waals surface area contributed by atoms with Crippen molar-refractivity contribution < 1.29 is 13.6 Å². The number of fused-ring (bicyclic) bond motifs is 1. The Labute approximate surface area is 173 Å². The van der Waals surface area contributed by atoms with Crippen LogP contribution in [0.4, 0.5) is 8.78 Å². The van der Waals surface area contributed by atoms with Crippen LogP contribution in [-0.2, 0) is 6.54 Å². The Kier molecular flexibility index (Phi) is 5.86. The number of aromatic nitrogens is 2. The van der Waals surface area contributed by atoms with Gasteiger partial charge in [-0.3, -0.25) is 9.69 Å². The molecule has 0 aromatic carbocycles. The Morgan fingerprint density at radius 3 is 2.75 bits per heavy atom. The Hall–Kier alpha value is -1.68. The number of piperazine rings is 1. The number of imidazole rings is 1. The lowest BCUT2D eigenvalue weighted by Gasteiger charge is -2.34. The topological polar surface area (TPSA) is 40.9 Å². The third kappa shape index (κ3) is 4.32. The highest BCUT2D eigenvalue weighted by atomic mass is 35.5. The first-order valence-corrected chi connectivity index (χ1v) is 10.8. The van der Waals surface area contributed by atoms with Crippen LogP contribution in [0, 0.1) is 0 Å². The summed E-state index contributed by atoms with van der Waals surface area (Å²) in [5, 5.41) is 2.34. The molecule has 1 saturated heterocycles. The van der Waals surface area contributed by atoms with Gasteiger partial charge < -0.3 is 9.30 Å². The van der Waals surface area contributed by atoms with E-state index in [4.69, 9.17) is 11.6 Å². The molecule has 0 aliphatic carbocycles. The quantitative estimate of drug-likeness (QED) is 0.552. The van der Waals surface area contributed by atoms with Crippen molar-refractivity contribution in [2.24, 2.45) is 0 Å². The predicted octanol–water partition coefficient (Wildman–Crippen LogP) is 4.32. The number of thioether (sulfide) groups is 1. The van der Waals surface area contributed by atoms with Crippen molar-refractivity contribution in [3.63, 3.8) is 0 Å². The molecule has 1 aliphatic rings. The minimum absolute atomic E-state index is 0.167. The van der Waals surface area contributed by atoms with Gasteiger partial charge in [-0.05, 0) is 23.6 Å². The van der Waals surface area contributed by atoms with Gasteiger partial charge in [-0.15, -0.1) is 11.3 Å². The van der Waals surface area contributed by atoms with Gasteiger partial charge in [-0.25, -0.2) is 4.98 Å². The molecule has 0 spiro atoms. The second-order valence-corrected chi connectivity index (χ2v) is 8.79. The lowest BCUT2D eigenvalue weighted by Crippen LogP contribution is -2.48. The van der Waals surface area contributed by atoms with Crippen molar-refractivity contribution in [1.82, 2.24) is 19.2 Å². The van der Waals surface area contributed by atoms with Crippen LogP contribution < -0.4 is 0 Å². The van der Waals surface area contributed by atoms with Gasteiger partial charge in [0.15, 0.2) is 0 Å². The predicted molar refractivity (Wildman–Crippen MR) is 108 cm³/mol. The number of thiophene rings is 1. The van der Waals surface area contributed by atoms with E-state index in [0.717, 1.165) is 11.3 Å². The van der Waals surface area contributed by atoms with Crippen LogP contribution >= 0.6 is 34.7 Å². The van der Waals surface area contributed by atoms with E-state index >= 15 is 0 Å². The normalized spacial score (nSPS) is 15.6. The molecule has 0 atom stereocenters. The molecule has 1 fully saturated rings. The van der Waals surface area contributed by atoms with Crippen LogP contribution in [0.25, 0.3) is 5.65 Å². The van der Waals surface area contributed by atoms with Crippen LogP contribution in [0.2, 0.25) is 5.02 Å². The number of rotatable bonds is 5. The van der Waals surface area contributed by atoms with E-state index in [0.29, 0.717) is 59.3 Å². The standard InChI is InChI=1S/C18H17ClF2N4OS2/c19-12-1-2-15-22-13(11-25(15)9-12)10-23-4-6-24(7-5-23)17(26)16-14(3-8-27-16)28-18(20)21/h1-3,8-9,11,18H,4-7,10H2. The Morgan fingerprint density at radius 2 is 2.00 bits per heavy atom. The van der Waals surface area contributed by atoms with Crippen molar-refractivity contribution in [3.8, 4) is 0 Å². The number of hydrogen-bond acceptors (Lipinski definition) is 5. The minimum Gasteiger partial charge on any atom is -0.335 e. The molecule has 4 heterocycles. The summed E-state index contributed by atoms with van der Waals surface area (Å²) in [5.41, 5.74) is 1.78. The molecule has 28 heavy (non-hydrogen) atoms. The van der Waals surface area contributed by atoms with Gasteiger partial charge in [-0.1, -0.05) is 23.4 Å². The number of pyridine rings is 1. The number of carbonyl (C=O) groups is 1. The highest BCUT2D eigenvalue weighted by Crippen LogP contribution is 2.33. The zero-order valence-electron chi connectivity index (χ0n) is 14.7. The van der Waals surface area contributed by atoms with Gasteiger partial charge in [0.25, 0.3) is 11.7 Å². The smallest absolute Gasteiger partial charge is 0.288 e. The van der Waals surface area contributed by atoms with Crippen molar-refractivity contribution >= 4 is 46.3 Å². The first-order chi connectivity index (χ1) is 13.5. The monoisotopic (exact) mass is 442 g/mol. The van der Waals surface area contributed by atoms with E-state index in [1.165, 1.54) is 11.3 Å². The lowest BCUT2D eigenvalue weighted by molar-refractivity contribution is 0.0629. The number of halogens is 3. The summed E-state index contributed by atoms with van der Waals surface area (Å²) >= 11 is 7.65. The summed E-state index contributed by atoms with van der Waals surface area (Å²) in [7, 11) is 0. The van der Waals surface area contributed by atoms with E-state index in [1.54, 1.807) is 16.3 Å². The van der Waals surface area contributed by atoms with Crippen molar-refractivity contribution in [2.75, 3.05) is 26.2 Å². The minimum atomic E-state index is -2.53. The molecule has 0 saturated carbocycles. The average molecular weight is 443 g/mol. The number of amides is 1. The Morgan fingerprint density at radius 1 is 1.21 bits per heavy atom. The first-order valence-electron chi connectivity index (χ1n) is 8.66. The summed E-state index contributed by atoms with van der Waals surface area (Å²) in [5.74, 6) is -2.70. The maximum Gasteiger partial charge on any atom is 0.288 e. The summed E-state index contributed by atoms with van der Waals surface area (Å²) in [4.78, 5) is 22.0. The largest absolute Gasteiger partial charge is 0.335 e. The molecule has 4 rings (SSSR count). The fourth-order valence-electron chi connectivity index (χ4n) is 3.22. The van der Waals surface area contributed by atoms with E-state index < -0.39 is 5.76 Å². The van der Waals surface area contributed by atoms with Gasteiger partial charge in [0.05, 0.1) is 10.7 Å². The molecular formula is C18H17ClF2N4OS2. The van der Waals surface area contributed by atoms with Crippen molar-refractivity contribution in [2.45, 2.75) is 17.2 Å². The second kappa shape index (κ2) is 8.36. The fourth-order valence-corrected chi connectivity index (χ4v) is 5.05. The summed E-state index contributed by atoms with van der Waals surface area (Å²) < 4.78 is 27.2. The van der Waals surface area contributed by atoms with Gasteiger partial charge >= 0.3 is 0 Å². The van der Waals surface area contributed by atoms with Gasteiger partial charge in [0.2, 0.25) is 0 Å². The van der Waals surface area contributed by atoms with Crippen LogP contribution in [0.5, 0.6) is 0 Å². The Bertz CT molecular complexity index is 985. The molecule has 1 aliphatic heterocycles. The van der Waals surface area contributed by atoms with Crippen LogP contribution in [0.1, 0.15) is 15.4 Å². The van der Waals surface area contributed by atoms with Gasteiger partial charge in [0, 0.05) is 50.0 Å². The first kappa shape index (κ1) is 19.6. The highest BCUT2D eigenvalue weighted by molar-refractivity contribution is 7.99. The second-order valence-electron chi connectivity index (χ2n) is 6.41. The SMILES string of the molecule is O=C(c1sccc1SC(F)F)N1CCN(Cc2cn3cc(Cl)ccc3n2)CC1. The third-order valence-electron chi connectivity index (χ3n) is 4.55. The molecule has 5 nitrogen and oxygen atoms in total.